The molecule has 0 aliphatic heterocycles. The molecule has 0 unspecified atom stereocenters. The van der Waals surface area contributed by atoms with Crippen LogP contribution in [0.2, 0.25) is 0 Å². The second-order valence-corrected chi connectivity index (χ2v) is 11.5. The average Bonchev–Trinajstić information content (AvgIpc) is 3.16. The van der Waals surface area contributed by atoms with Crippen molar-refractivity contribution in [2.75, 3.05) is 18.1 Å². The highest BCUT2D eigenvalue weighted by Gasteiger charge is 2.18. The summed E-state index contributed by atoms with van der Waals surface area (Å²) in [6.07, 6.45) is 0.456. The lowest BCUT2D eigenvalue weighted by molar-refractivity contribution is -0.143. The SMILES string of the molecule is CCOC(=O)CCC(=NOC(C)=O)c1ccc(N(c2ccc(C(=O)c3ccccc3)cc2)c2ccc(/C(CCC(=O)OCC)=N\OC(C)=O)cc2)cc1. The molecule has 0 aliphatic rings. The van der Waals surface area contributed by atoms with Gasteiger partial charge in [-0.05, 0) is 73.5 Å². The highest BCUT2D eigenvalue weighted by atomic mass is 16.7. The van der Waals surface area contributed by atoms with Gasteiger partial charge in [-0.3, -0.25) is 14.4 Å². The number of oxime groups is 2. The highest BCUT2D eigenvalue weighted by molar-refractivity contribution is 6.09. The number of carbonyl (C=O) groups is 5. The number of ketones is 1. The third kappa shape index (κ3) is 11.8. The first kappa shape index (κ1) is 39.4. The minimum Gasteiger partial charge on any atom is -0.466 e. The Labute approximate surface area is 308 Å². The largest absolute Gasteiger partial charge is 0.466 e. The van der Waals surface area contributed by atoms with Crippen LogP contribution in [0.4, 0.5) is 17.1 Å². The zero-order chi connectivity index (χ0) is 38.2. The standard InChI is InChI=1S/C41H41N3O9/c1-5-50-39(47)26-24-37(42-52-28(3)45)30-12-18-34(19-13-30)44(36-22-16-33(17-23-36)41(49)32-10-8-7-9-11-32)35-20-14-31(15-21-35)38(43-53-29(4)46)25-27-40(48)51-6-2/h7-23H,5-6,24-27H2,1-4H3/b42-37-,43-38?. The summed E-state index contributed by atoms with van der Waals surface area (Å²) in [6, 6.07) is 30.9. The van der Waals surface area contributed by atoms with Crippen LogP contribution in [0.3, 0.4) is 0 Å². The summed E-state index contributed by atoms with van der Waals surface area (Å²) in [5.41, 5.74) is 5.34. The molecular formula is C41H41N3O9. The molecule has 4 aromatic carbocycles. The van der Waals surface area contributed by atoms with Crippen LogP contribution in [0, 0.1) is 0 Å². The normalized spacial score (nSPS) is 11.3. The lowest BCUT2D eigenvalue weighted by Gasteiger charge is -2.26. The minimum atomic E-state index is -0.596. The molecule has 274 valence electrons. The fourth-order valence-electron chi connectivity index (χ4n) is 5.20. The van der Waals surface area contributed by atoms with Crippen LogP contribution >= 0.6 is 0 Å². The van der Waals surface area contributed by atoms with E-state index in [0.717, 1.165) is 17.1 Å². The third-order valence-electron chi connectivity index (χ3n) is 7.65. The molecule has 12 heteroatoms. The predicted molar refractivity (Wildman–Crippen MR) is 199 cm³/mol. The van der Waals surface area contributed by atoms with Gasteiger partial charge in [-0.15, -0.1) is 0 Å². The monoisotopic (exact) mass is 719 g/mol. The lowest BCUT2D eigenvalue weighted by atomic mass is 10.0. The van der Waals surface area contributed by atoms with Crippen LogP contribution in [0.5, 0.6) is 0 Å². The van der Waals surface area contributed by atoms with Gasteiger partial charge in [0.15, 0.2) is 5.78 Å². The van der Waals surface area contributed by atoms with Crippen LogP contribution in [-0.4, -0.2) is 54.3 Å². The number of ether oxygens (including phenoxy) is 2. The molecule has 0 heterocycles. The summed E-state index contributed by atoms with van der Waals surface area (Å²) in [4.78, 5) is 72.3. The van der Waals surface area contributed by atoms with Gasteiger partial charge in [0.25, 0.3) is 0 Å². The molecule has 12 nitrogen and oxygen atoms in total. The van der Waals surface area contributed by atoms with Crippen molar-refractivity contribution in [3.8, 4) is 0 Å². The Morgan fingerprint density at radius 1 is 0.491 bits per heavy atom. The van der Waals surface area contributed by atoms with E-state index < -0.39 is 23.9 Å². The van der Waals surface area contributed by atoms with Gasteiger partial charge in [-0.2, -0.15) is 0 Å². The minimum absolute atomic E-state index is 0.0464. The van der Waals surface area contributed by atoms with Crippen molar-refractivity contribution in [2.24, 2.45) is 10.3 Å². The first-order valence-corrected chi connectivity index (χ1v) is 17.1. The third-order valence-corrected chi connectivity index (χ3v) is 7.65. The van der Waals surface area contributed by atoms with E-state index >= 15 is 0 Å². The molecule has 0 aliphatic carbocycles. The Morgan fingerprint density at radius 2 is 0.849 bits per heavy atom. The molecule has 0 radical (unpaired) electrons. The van der Waals surface area contributed by atoms with E-state index in [0.29, 0.717) is 33.7 Å². The molecule has 0 amide bonds. The van der Waals surface area contributed by atoms with Gasteiger partial charge < -0.3 is 24.0 Å². The summed E-state index contributed by atoms with van der Waals surface area (Å²) in [7, 11) is 0. The van der Waals surface area contributed by atoms with Crippen LogP contribution in [0.1, 0.15) is 80.4 Å². The maximum Gasteiger partial charge on any atom is 0.331 e. The summed E-state index contributed by atoms with van der Waals surface area (Å²) < 4.78 is 10.1. The Bertz CT molecular complexity index is 1840. The smallest absolute Gasteiger partial charge is 0.331 e. The van der Waals surface area contributed by atoms with Crippen LogP contribution in [-0.2, 0) is 38.3 Å². The molecule has 0 fully saturated rings. The van der Waals surface area contributed by atoms with Gasteiger partial charge >= 0.3 is 23.9 Å². The highest BCUT2D eigenvalue weighted by Crippen LogP contribution is 2.35. The Kier molecular flexibility index (Phi) is 14.7. The van der Waals surface area contributed by atoms with Crippen molar-refractivity contribution < 1.29 is 43.1 Å². The second kappa shape index (κ2) is 19.8. The molecule has 0 spiro atoms. The molecule has 4 rings (SSSR count). The summed E-state index contributed by atoms with van der Waals surface area (Å²) >= 11 is 0. The fraction of sp³-hybridized carbons (Fsp3) is 0.244. The molecule has 0 atom stereocenters. The summed E-state index contributed by atoms with van der Waals surface area (Å²) in [5.74, 6) is -2.10. The first-order chi connectivity index (χ1) is 25.6. The molecule has 0 saturated carbocycles. The fourth-order valence-corrected chi connectivity index (χ4v) is 5.20. The van der Waals surface area contributed by atoms with Gasteiger partial charge in [0.2, 0.25) is 0 Å². The van der Waals surface area contributed by atoms with Gasteiger partial charge in [0.1, 0.15) is 0 Å². The van der Waals surface area contributed by atoms with E-state index in [4.69, 9.17) is 19.1 Å². The van der Waals surface area contributed by atoms with Crippen LogP contribution in [0.25, 0.3) is 0 Å². The van der Waals surface area contributed by atoms with Crippen molar-refractivity contribution in [3.63, 3.8) is 0 Å². The molecule has 4 aromatic rings. The van der Waals surface area contributed by atoms with Crippen LogP contribution < -0.4 is 4.90 Å². The van der Waals surface area contributed by atoms with Crippen molar-refractivity contribution in [3.05, 3.63) is 125 Å². The average molecular weight is 720 g/mol. The van der Waals surface area contributed by atoms with E-state index in [1.54, 1.807) is 62.4 Å². The van der Waals surface area contributed by atoms with Crippen molar-refractivity contribution in [2.45, 2.75) is 53.4 Å². The van der Waals surface area contributed by atoms with E-state index in [2.05, 4.69) is 10.3 Å². The Morgan fingerprint density at radius 3 is 1.21 bits per heavy atom. The van der Waals surface area contributed by atoms with Gasteiger partial charge in [-0.1, -0.05) is 64.9 Å². The topological polar surface area (TPSA) is 150 Å². The summed E-state index contributed by atoms with van der Waals surface area (Å²) in [5, 5.41) is 8.00. The number of hydrogen-bond acceptors (Lipinski definition) is 12. The van der Waals surface area contributed by atoms with E-state index in [1.807, 2.05) is 59.5 Å². The maximum atomic E-state index is 13.2. The quantitative estimate of drug-likeness (QED) is 0.0351. The predicted octanol–water partition coefficient (Wildman–Crippen LogP) is 7.61. The van der Waals surface area contributed by atoms with Gasteiger partial charge in [-0.25, -0.2) is 9.59 Å². The first-order valence-electron chi connectivity index (χ1n) is 17.1. The molecule has 53 heavy (non-hydrogen) atoms. The van der Waals surface area contributed by atoms with Crippen molar-refractivity contribution in [1.29, 1.82) is 0 Å². The van der Waals surface area contributed by atoms with Crippen molar-refractivity contribution in [1.82, 2.24) is 0 Å². The number of rotatable bonds is 17. The number of hydrogen-bond donors (Lipinski definition) is 0. The summed E-state index contributed by atoms with van der Waals surface area (Å²) in [6.45, 7) is 6.42. The van der Waals surface area contributed by atoms with Gasteiger partial charge in [0.05, 0.1) is 37.5 Å². The molecule has 0 bridgehead atoms. The maximum absolute atomic E-state index is 13.2. The number of nitrogens with zero attached hydrogens (tertiary/aromatic N) is 3. The zero-order valence-electron chi connectivity index (χ0n) is 30.1. The van der Waals surface area contributed by atoms with Crippen molar-refractivity contribution >= 4 is 58.1 Å². The molecule has 0 N–H and O–H groups in total. The van der Waals surface area contributed by atoms with E-state index in [1.165, 1.54) is 13.8 Å². The number of carbonyl (C=O) groups excluding carboxylic acids is 5. The lowest BCUT2D eigenvalue weighted by Crippen LogP contribution is -2.13. The zero-order valence-corrected chi connectivity index (χ0v) is 30.1. The van der Waals surface area contributed by atoms with Gasteiger partial charge in [0, 0.05) is 54.9 Å². The van der Waals surface area contributed by atoms with E-state index in [-0.39, 0.29) is 44.7 Å². The number of esters is 2. The van der Waals surface area contributed by atoms with E-state index in [9.17, 15) is 24.0 Å². The number of anilines is 3. The second-order valence-electron chi connectivity index (χ2n) is 11.5. The number of benzene rings is 4. The molecule has 0 aromatic heterocycles. The van der Waals surface area contributed by atoms with Crippen LogP contribution in [0.15, 0.2) is 113 Å². The molecule has 0 saturated heterocycles. The Balaban J connectivity index is 1.72. The molecular weight excluding hydrogens is 678 g/mol. The Hall–Kier alpha value is -6.43.